The first-order chi connectivity index (χ1) is 42.9. The highest BCUT2D eigenvalue weighted by atomic mass is 32.1. The zero-order valence-electron chi connectivity index (χ0n) is 55.6. The van der Waals surface area contributed by atoms with Gasteiger partial charge in [-0.1, -0.05) is 111 Å². The predicted molar refractivity (Wildman–Crippen MR) is 365 cm³/mol. The van der Waals surface area contributed by atoms with E-state index in [1.807, 2.05) is 76.2 Å². The van der Waals surface area contributed by atoms with Crippen LogP contribution in [0.3, 0.4) is 0 Å². The number of ketones is 1. The maximum absolute atomic E-state index is 12.0. The number of ether oxygens (including phenoxy) is 4. The van der Waals surface area contributed by atoms with E-state index in [-0.39, 0.29) is 85.3 Å². The average Bonchev–Trinajstić information content (AvgIpc) is 1.56. The first-order valence-electron chi connectivity index (χ1n) is 29.8. The zero-order valence-corrected chi connectivity index (χ0v) is 58.8. The van der Waals surface area contributed by atoms with Gasteiger partial charge in [-0.05, 0) is 110 Å². The number of anilines is 1. The Morgan fingerprint density at radius 2 is 0.978 bits per heavy atom. The van der Waals surface area contributed by atoms with Crippen molar-refractivity contribution in [3.63, 3.8) is 0 Å². The molecule has 28 heteroatoms. The van der Waals surface area contributed by atoms with Gasteiger partial charge in [0.1, 0.15) is 60.7 Å². The Morgan fingerprint density at radius 1 is 0.533 bits per heavy atom. The lowest BCUT2D eigenvalue weighted by Crippen LogP contribution is -2.16. The second kappa shape index (κ2) is 46.4. The summed E-state index contributed by atoms with van der Waals surface area (Å²) in [5.41, 5.74) is 9.65. The Kier molecular flexibility index (Phi) is 43.5. The second-order valence-corrected chi connectivity index (χ2v) is 24.8. The number of aliphatic hydroxyl groups excluding tert-OH is 1. The first kappa shape index (κ1) is 86.4. The third-order valence-corrected chi connectivity index (χ3v) is 16.2. The molecule has 5 unspecified atom stereocenters. The van der Waals surface area contributed by atoms with Gasteiger partial charge < -0.3 is 45.1 Å². The number of pyridine rings is 2. The van der Waals surface area contributed by atoms with E-state index in [0.29, 0.717) is 23.8 Å². The van der Waals surface area contributed by atoms with Gasteiger partial charge in [-0.15, -0.1) is 11.3 Å². The zero-order chi connectivity index (χ0) is 69.7. The number of nitrogen functional groups attached to an aromatic ring is 1. The van der Waals surface area contributed by atoms with E-state index in [1.54, 1.807) is 64.5 Å². The fraction of sp³-hybridized carbons (Fsp3) is 0.547. The highest BCUT2D eigenvalue weighted by Gasteiger charge is 2.24. The molecule has 0 bridgehead atoms. The van der Waals surface area contributed by atoms with Gasteiger partial charge in [0.15, 0.2) is 0 Å². The standard InChI is InChI=1S/C14H20N2O3S.C14H18N2O2S.C12H14N2O2S.C9H16O3.C5H8O4.C5H10O2.C4H6N2S.CH4/c1-5-9(3)13(17)11(14(18)19-6-2)7-16-12-8-15-10(4)20-12;1-5-8(3)11-10(14(17)18-6-2)7-15-13-12(11)16-9(4)19-13;1-4-6(2)9-8(12(15)16)5-13-11-10(9)14-7(3)17-11;1-4-7(3)8(10)6-9(11)12-5-2;1-2-9-5(8)3-4(6)7;1-3-4(2)5(6)7;1-3-6-2-4(5)7-3;/h7-9,17H,5-6H2,1-4H3;7-8H,5-6H2,1-4H3;5-6H,4H2,1-3H3,(H,15,16);7H,4-6H2,1-3H3;2-3H2,1H3,(H,6,7);4H,3H2,1-2H3,(H,6,7);2H,5H2,1H3;1H4. The minimum Gasteiger partial charge on any atom is -0.511 e. The molecule has 0 spiro atoms. The highest BCUT2D eigenvalue weighted by Crippen LogP contribution is 2.34. The normalized spacial score (nSPS) is 12.2. The first-order valence-corrected chi connectivity index (χ1v) is 33.1. The molecule has 6 N–H and O–H groups in total. The van der Waals surface area contributed by atoms with E-state index >= 15 is 0 Å². The number of aliphatic carboxylic acids is 2. The van der Waals surface area contributed by atoms with Crippen molar-refractivity contribution < 1.29 is 77.7 Å². The van der Waals surface area contributed by atoms with Crippen molar-refractivity contribution in [1.29, 1.82) is 0 Å². The molecule has 6 heterocycles. The van der Waals surface area contributed by atoms with Crippen LogP contribution >= 0.6 is 45.3 Å². The Labute approximate surface area is 556 Å². The molecular weight excluding hydrogens is 1270 g/mol. The number of allylic oxidation sites excluding steroid dienone is 1. The number of rotatable bonds is 23. The number of hydrogen-bond acceptors (Lipinski definition) is 25. The molecule has 6 rings (SSSR count). The third-order valence-electron chi connectivity index (χ3n) is 12.9. The van der Waals surface area contributed by atoms with Crippen LogP contribution in [-0.2, 0) is 47.7 Å². The van der Waals surface area contributed by atoms with Crippen LogP contribution in [0.2, 0.25) is 0 Å². The summed E-state index contributed by atoms with van der Waals surface area (Å²) in [6, 6.07) is 0. The predicted octanol–water partition coefficient (Wildman–Crippen LogP) is 14.8. The molecule has 512 valence electrons. The molecule has 0 fully saturated rings. The summed E-state index contributed by atoms with van der Waals surface area (Å²) < 4.78 is 19.0. The van der Waals surface area contributed by atoms with Gasteiger partial charge in [-0.3, -0.25) is 24.0 Å². The lowest BCUT2D eigenvalue weighted by Gasteiger charge is -2.14. The molecule has 0 aliphatic rings. The molecule has 5 atom stereocenters. The van der Waals surface area contributed by atoms with Crippen molar-refractivity contribution in [3.8, 4) is 0 Å². The number of esters is 4. The highest BCUT2D eigenvalue weighted by molar-refractivity contribution is 7.18. The second-order valence-electron chi connectivity index (χ2n) is 20.0. The Hall–Kier alpha value is -7.69. The number of fused-ring (bicyclic) bond motifs is 2. The molecule has 6 aromatic heterocycles. The fourth-order valence-electron chi connectivity index (χ4n) is 7.02. The molecule has 0 saturated heterocycles. The molecule has 0 aliphatic carbocycles. The summed E-state index contributed by atoms with van der Waals surface area (Å²) in [6.45, 7) is 35.1. The van der Waals surface area contributed by atoms with Gasteiger partial charge in [0.25, 0.3) is 0 Å². The lowest BCUT2D eigenvalue weighted by molar-refractivity contribution is -0.151. The molecule has 24 nitrogen and oxygen atoms in total. The molecule has 0 saturated carbocycles. The fourth-order valence-corrected chi connectivity index (χ4v) is 9.74. The number of carbonyl (C=O) groups is 8. The van der Waals surface area contributed by atoms with Gasteiger partial charge in [-0.2, -0.15) is 0 Å². The van der Waals surface area contributed by atoms with E-state index in [1.165, 1.54) is 46.4 Å². The van der Waals surface area contributed by atoms with Crippen LogP contribution in [0.15, 0.2) is 41.1 Å². The quantitative estimate of drug-likeness (QED) is 0.00993. The molecule has 0 aliphatic heterocycles. The van der Waals surface area contributed by atoms with Crippen molar-refractivity contribution in [2.75, 3.05) is 32.2 Å². The monoisotopic (exact) mass is 1360 g/mol. The van der Waals surface area contributed by atoms with E-state index < -0.39 is 42.2 Å². The van der Waals surface area contributed by atoms with E-state index in [0.717, 1.165) is 89.0 Å². The number of aryl methyl sites for hydroxylation is 4. The van der Waals surface area contributed by atoms with E-state index in [9.17, 15) is 48.6 Å². The summed E-state index contributed by atoms with van der Waals surface area (Å²) in [5.74, 6) is -4.69. The number of Topliss-reactive ketones (excluding diaryl/α,β-unsaturated/α-hetero) is 1. The average molecular weight is 1360 g/mol. The summed E-state index contributed by atoms with van der Waals surface area (Å²) in [4.78, 5) is 118. The van der Waals surface area contributed by atoms with E-state index in [2.05, 4.69) is 58.2 Å². The number of carbonyl (C=O) groups excluding carboxylic acids is 5. The summed E-state index contributed by atoms with van der Waals surface area (Å²) in [6.07, 6.45) is 11.1. The molecule has 6 aromatic rings. The molecular formula is C64H96N8O16S4. The number of aromatic nitrogens is 6. The maximum atomic E-state index is 12.0. The minimum absolute atomic E-state index is 0. The largest absolute Gasteiger partial charge is 0.511 e. The van der Waals surface area contributed by atoms with Gasteiger partial charge in [0.2, 0.25) is 0 Å². The number of nitrogens with two attached hydrogens (primary N) is 1. The SMILES string of the molecule is C.CCC(C)C(=O)O.CCC(C)c1c(C(=O)O)cnc2sc(C)nc12.CCOC(=O)C(C=Nc1cnc(C)s1)=C(O)C(C)CC.CCOC(=O)CC(=O)C(C)CC.CCOC(=O)CC(=O)O.CCOC(=O)c1cnc2sc(C)nc2c1C(C)CC.Cc1ncc(N)s1. The summed E-state index contributed by atoms with van der Waals surface area (Å²) in [7, 11) is 0. The summed E-state index contributed by atoms with van der Waals surface area (Å²) in [5, 5.41) is 40.8. The number of hydrogen-bond donors (Lipinski definition) is 5. The smallest absolute Gasteiger partial charge is 0.343 e. The van der Waals surface area contributed by atoms with Crippen LogP contribution in [0.25, 0.3) is 20.7 Å². The Bertz CT molecular complexity index is 3320. The number of carboxylic acid groups (broad SMARTS) is 3. The number of thiazole rings is 4. The van der Waals surface area contributed by atoms with Crippen LogP contribution in [-0.4, -0.2) is 131 Å². The molecule has 92 heavy (non-hydrogen) atoms. The maximum Gasteiger partial charge on any atom is 0.343 e. The van der Waals surface area contributed by atoms with Crippen molar-refractivity contribution in [2.45, 2.75) is 189 Å². The van der Waals surface area contributed by atoms with Crippen LogP contribution in [0.1, 0.15) is 213 Å². The Morgan fingerprint density at radius 3 is 1.34 bits per heavy atom. The number of carboxylic acids is 3. The lowest BCUT2D eigenvalue weighted by atomic mass is 9.94. The van der Waals surface area contributed by atoms with Crippen LogP contribution < -0.4 is 5.73 Å². The van der Waals surface area contributed by atoms with Crippen molar-refractivity contribution in [1.82, 2.24) is 29.9 Å². The molecule has 0 aromatic carbocycles. The van der Waals surface area contributed by atoms with Crippen LogP contribution in [0.4, 0.5) is 10.0 Å². The van der Waals surface area contributed by atoms with Crippen LogP contribution in [0.5, 0.6) is 0 Å². The summed E-state index contributed by atoms with van der Waals surface area (Å²) >= 11 is 5.98. The van der Waals surface area contributed by atoms with Crippen LogP contribution in [0, 0.1) is 45.4 Å². The van der Waals surface area contributed by atoms with Gasteiger partial charge in [0, 0.05) is 30.4 Å². The van der Waals surface area contributed by atoms with Gasteiger partial charge in [0.05, 0.1) is 75.9 Å². The van der Waals surface area contributed by atoms with Gasteiger partial charge in [-0.25, -0.2) is 49.3 Å². The Balaban J connectivity index is 0. The third kappa shape index (κ3) is 31.6. The van der Waals surface area contributed by atoms with Gasteiger partial charge >= 0.3 is 41.8 Å². The molecule has 0 radical (unpaired) electrons. The number of aliphatic imine (C=N–C) groups is 1. The minimum atomic E-state index is -1.16. The number of aromatic carboxylic acids is 1. The molecule has 0 amide bonds. The number of nitrogens with zero attached hydrogens (tertiary/aromatic N) is 7. The number of aliphatic hydroxyl groups is 1. The van der Waals surface area contributed by atoms with Crippen molar-refractivity contribution >= 4 is 130 Å². The van der Waals surface area contributed by atoms with Crippen molar-refractivity contribution in [2.24, 2.45) is 22.7 Å². The topological polar surface area (TPSA) is 370 Å². The van der Waals surface area contributed by atoms with Crippen molar-refractivity contribution in [3.05, 3.63) is 78.4 Å². The van der Waals surface area contributed by atoms with E-state index in [4.69, 9.17) is 25.4 Å².